The Bertz CT molecular complexity index is 1770. The maximum atomic E-state index is 12.9. The number of rotatable bonds is 6. The number of hydrogen-bond acceptors (Lipinski definition) is 6. The summed E-state index contributed by atoms with van der Waals surface area (Å²) in [5, 5.41) is 18.2. The molecule has 0 saturated heterocycles. The number of carbonyl (C=O) groups is 1. The van der Waals surface area contributed by atoms with E-state index in [4.69, 9.17) is 26.5 Å². The molecular weight excluding hydrogens is 544 g/mol. The molecule has 0 unspecified atom stereocenters. The SMILES string of the molecule is COc1cc(/C=C2\C(=N)N3N=C(c4ccc(C)cc4)SC3=NC2=O)cc(Cl)c1OCc1cccc2ccccc12. The van der Waals surface area contributed by atoms with Gasteiger partial charge in [0.2, 0.25) is 5.17 Å². The summed E-state index contributed by atoms with van der Waals surface area (Å²) >= 11 is 7.90. The normalized spacial score (nSPS) is 15.8. The van der Waals surface area contributed by atoms with Crippen LogP contribution >= 0.6 is 23.4 Å². The third-order valence-corrected chi connectivity index (χ3v) is 7.81. The van der Waals surface area contributed by atoms with Crippen LogP contribution in [-0.2, 0) is 11.4 Å². The molecule has 4 aromatic rings. The second-order valence-electron chi connectivity index (χ2n) is 9.25. The van der Waals surface area contributed by atoms with Crippen LogP contribution in [0.2, 0.25) is 5.02 Å². The van der Waals surface area contributed by atoms with Crippen LogP contribution in [0.1, 0.15) is 22.3 Å². The standard InChI is InChI=1S/C31H23ClN4O3S/c1-18-10-12-21(13-11-18)30-35-36-28(33)24(29(37)34-31(36)40-30)14-19-15-25(32)27(26(16-19)38-2)39-17-22-8-5-7-20-6-3-4-9-23(20)22/h3-16,33H,17H2,1-2H3/b24-14+,33-28?. The summed E-state index contributed by atoms with van der Waals surface area (Å²) in [4.78, 5) is 17.1. The van der Waals surface area contributed by atoms with Crippen molar-refractivity contribution in [2.75, 3.05) is 7.11 Å². The lowest BCUT2D eigenvalue weighted by molar-refractivity contribution is -0.114. The van der Waals surface area contributed by atoms with Crippen LogP contribution in [0, 0.1) is 12.3 Å². The fraction of sp³-hybridized carbons (Fsp3) is 0.0968. The van der Waals surface area contributed by atoms with E-state index in [-0.39, 0.29) is 11.4 Å². The van der Waals surface area contributed by atoms with Gasteiger partial charge >= 0.3 is 0 Å². The number of nitrogens with one attached hydrogen (secondary N) is 1. The van der Waals surface area contributed by atoms with Crippen molar-refractivity contribution in [3.8, 4) is 11.5 Å². The lowest BCUT2D eigenvalue weighted by atomic mass is 10.1. The summed E-state index contributed by atoms with van der Waals surface area (Å²) < 4.78 is 11.7. The lowest BCUT2D eigenvalue weighted by Gasteiger charge is -2.20. The number of fused-ring (bicyclic) bond motifs is 2. The molecule has 0 saturated carbocycles. The highest BCUT2D eigenvalue weighted by atomic mass is 35.5. The monoisotopic (exact) mass is 566 g/mol. The smallest absolute Gasteiger partial charge is 0.283 e. The van der Waals surface area contributed by atoms with Gasteiger partial charge in [-0.1, -0.05) is 83.9 Å². The van der Waals surface area contributed by atoms with Crippen LogP contribution in [-0.4, -0.2) is 34.1 Å². The van der Waals surface area contributed by atoms with Crippen LogP contribution in [0.3, 0.4) is 0 Å². The highest BCUT2D eigenvalue weighted by Gasteiger charge is 2.36. The van der Waals surface area contributed by atoms with Crippen molar-refractivity contribution in [2.45, 2.75) is 13.5 Å². The molecule has 2 aliphatic heterocycles. The topological polar surface area (TPSA) is 87.3 Å². The number of ether oxygens (including phenoxy) is 2. The third-order valence-electron chi connectivity index (χ3n) is 6.57. The molecule has 0 atom stereocenters. The van der Waals surface area contributed by atoms with E-state index in [9.17, 15) is 4.79 Å². The second-order valence-corrected chi connectivity index (χ2v) is 10.6. The highest BCUT2D eigenvalue weighted by molar-refractivity contribution is 8.27. The largest absolute Gasteiger partial charge is 0.493 e. The van der Waals surface area contributed by atoms with Crippen LogP contribution in [0.15, 0.2) is 94.5 Å². The van der Waals surface area contributed by atoms with Crippen molar-refractivity contribution in [3.63, 3.8) is 0 Å². The minimum atomic E-state index is -0.518. The molecule has 7 nitrogen and oxygen atoms in total. The van der Waals surface area contributed by atoms with Gasteiger partial charge in [-0.25, -0.2) is 0 Å². The maximum Gasteiger partial charge on any atom is 0.283 e. The number of halogens is 1. The zero-order valence-electron chi connectivity index (χ0n) is 21.6. The summed E-state index contributed by atoms with van der Waals surface area (Å²) in [6.07, 6.45) is 1.57. The zero-order chi connectivity index (χ0) is 27.8. The Morgan fingerprint density at radius 3 is 2.62 bits per heavy atom. The van der Waals surface area contributed by atoms with E-state index in [1.165, 1.54) is 23.9 Å². The summed E-state index contributed by atoms with van der Waals surface area (Å²) in [7, 11) is 1.53. The number of hydrazone groups is 1. The van der Waals surface area contributed by atoms with Crippen LogP contribution in [0.5, 0.6) is 11.5 Å². The van der Waals surface area contributed by atoms with E-state index in [1.807, 2.05) is 55.5 Å². The molecule has 2 heterocycles. The number of nitrogens with zero attached hydrogens (tertiary/aromatic N) is 3. The Balaban J connectivity index is 1.27. The van der Waals surface area contributed by atoms with E-state index in [0.717, 1.165) is 27.5 Å². The molecule has 0 fully saturated rings. The van der Waals surface area contributed by atoms with Crippen LogP contribution in [0.25, 0.3) is 16.8 Å². The molecular formula is C31H23ClN4O3S. The average molecular weight is 567 g/mol. The molecule has 0 aromatic heterocycles. The van der Waals surface area contributed by atoms with Crippen molar-refractivity contribution < 1.29 is 14.3 Å². The summed E-state index contributed by atoms with van der Waals surface area (Å²) in [5.41, 5.74) is 3.72. The van der Waals surface area contributed by atoms with Gasteiger partial charge in [-0.05, 0) is 58.8 Å². The lowest BCUT2D eigenvalue weighted by Crippen LogP contribution is -2.35. The molecule has 9 heteroatoms. The van der Waals surface area contributed by atoms with E-state index in [2.05, 4.69) is 28.3 Å². The number of methoxy groups -OCH3 is 1. The first kappa shape index (κ1) is 25.9. The first-order valence-corrected chi connectivity index (χ1v) is 13.6. The molecule has 2 aliphatic rings. The van der Waals surface area contributed by atoms with Gasteiger partial charge in [0.1, 0.15) is 11.7 Å². The Kier molecular flexibility index (Phi) is 6.88. The van der Waals surface area contributed by atoms with Gasteiger partial charge in [0.05, 0.1) is 17.7 Å². The number of thioether (sulfide) groups is 1. The molecule has 0 aliphatic carbocycles. The Morgan fingerprint density at radius 2 is 1.82 bits per heavy atom. The Hall–Kier alpha value is -4.40. The number of aryl methyl sites for hydroxylation is 1. The van der Waals surface area contributed by atoms with Gasteiger partial charge in [-0.3, -0.25) is 10.2 Å². The van der Waals surface area contributed by atoms with E-state index >= 15 is 0 Å². The van der Waals surface area contributed by atoms with Crippen LogP contribution in [0.4, 0.5) is 0 Å². The van der Waals surface area contributed by atoms with Crippen LogP contribution < -0.4 is 9.47 Å². The van der Waals surface area contributed by atoms with Gasteiger partial charge in [0, 0.05) is 5.56 Å². The predicted octanol–water partition coefficient (Wildman–Crippen LogP) is 7.06. The minimum Gasteiger partial charge on any atom is -0.493 e. The fourth-order valence-corrected chi connectivity index (χ4v) is 5.67. The summed E-state index contributed by atoms with van der Waals surface area (Å²) in [6.45, 7) is 2.31. The second kappa shape index (κ2) is 10.6. The highest BCUT2D eigenvalue weighted by Crippen LogP contribution is 2.38. The number of amidine groups is 2. The van der Waals surface area contributed by atoms with Gasteiger partial charge < -0.3 is 9.47 Å². The van der Waals surface area contributed by atoms with E-state index < -0.39 is 5.91 Å². The molecule has 0 bridgehead atoms. The minimum absolute atomic E-state index is 0.0593. The number of amides is 1. The molecule has 1 amide bonds. The maximum absolute atomic E-state index is 12.9. The number of benzene rings is 4. The number of hydrogen-bond donors (Lipinski definition) is 1. The molecule has 0 radical (unpaired) electrons. The predicted molar refractivity (Wildman–Crippen MR) is 162 cm³/mol. The Labute approximate surface area is 240 Å². The molecule has 0 spiro atoms. The molecule has 1 N–H and O–H groups in total. The third kappa shape index (κ3) is 4.87. The van der Waals surface area contributed by atoms with Crippen molar-refractivity contribution >= 4 is 62.2 Å². The van der Waals surface area contributed by atoms with E-state index in [0.29, 0.717) is 38.9 Å². The Morgan fingerprint density at radius 1 is 1.05 bits per heavy atom. The molecule has 40 heavy (non-hydrogen) atoms. The van der Waals surface area contributed by atoms with Gasteiger partial charge in [0.25, 0.3) is 5.91 Å². The van der Waals surface area contributed by atoms with Gasteiger partial charge in [0.15, 0.2) is 17.3 Å². The first-order valence-electron chi connectivity index (χ1n) is 12.5. The van der Waals surface area contributed by atoms with E-state index in [1.54, 1.807) is 18.2 Å². The fourth-order valence-electron chi connectivity index (χ4n) is 4.50. The van der Waals surface area contributed by atoms with Gasteiger partial charge in [-0.2, -0.15) is 15.1 Å². The van der Waals surface area contributed by atoms with Crippen molar-refractivity contribution in [3.05, 3.63) is 112 Å². The number of carbonyl (C=O) groups excluding carboxylic acids is 1. The zero-order valence-corrected chi connectivity index (χ0v) is 23.2. The quantitative estimate of drug-likeness (QED) is 0.252. The van der Waals surface area contributed by atoms with Gasteiger partial charge in [-0.15, -0.1) is 0 Å². The number of aliphatic imine (C=N–C) groups is 1. The molecule has 4 aromatic carbocycles. The van der Waals surface area contributed by atoms with Crippen molar-refractivity contribution in [2.24, 2.45) is 10.1 Å². The molecule has 6 rings (SSSR count). The summed E-state index contributed by atoms with van der Waals surface area (Å²) in [5.74, 6) is 0.231. The molecule has 198 valence electrons. The summed E-state index contributed by atoms with van der Waals surface area (Å²) in [6, 6.07) is 25.5. The van der Waals surface area contributed by atoms with Crippen molar-refractivity contribution in [1.29, 1.82) is 5.41 Å². The average Bonchev–Trinajstić information content (AvgIpc) is 3.39. The van der Waals surface area contributed by atoms with Crippen molar-refractivity contribution in [1.82, 2.24) is 5.01 Å². The first-order chi connectivity index (χ1) is 19.4.